The van der Waals surface area contributed by atoms with Crippen LogP contribution in [0.15, 0.2) is 48.8 Å². The van der Waals surface area contributed by atoms with E-state index >= 15 is 0 Å². The number of halogens is 1. The van der Waals surface area contributed by atoms with Gasteiger partial charge in [0.25, 0.3) is 5.91 Å². The van der Waals surface area contributed by atoms with Gasteiger partial charge in [-0.25, -0.2) is 14.1 Å². The molecule has 0 saturated carbocycles. The van der Waals surface area contributed by atoms with Crippen molar-refractivity contribution in [1.29, 1.82) is 0 Å². The van der Waals surface area contributed by atoms with Crippen molar-refractivity contribution in [2.75, 3.05) is 23.3 Å². The zero-order chi connectivity index (χ0) is 19.5. The van der Waals surface area contributed by atoms with E-state index in [4.69, 9.17) is 0 Å². The van der Waals surface area contributed by atoms with Gasteiger partial charge in [-0.15, -0.1) is 0 Å². The number of rotatable bonds is 5. The third-order valence-corrected chi connectivity index (χ3v) is 4.96. The first-order chi connectivity index (χ1) is 13.7. The number of carbonyl (C=O) groups excluding carboxylic acids is 1. The molecule has 1 N–H and O–H groups in total. The molecule has 3 heterocycles. The van der Waals surface area contributed by atoms with Gasteiger partial charge in [0.15, 0.2) is 0 Å². The molecule has 7 heteroatoms. The molecule has 0 atom stereocenters. The maximum atomic E-state index is 13.2. The Labute approximate surface area is 163 Å². The lowest BCUT2D eigenvalue weighted by Gasteiger charge is -2.16. The Kier molecular flexibility index (Phi) is 5.06. The SMILES string of the molecule is CCc1c(C(=O)Nc2ccc(N3CCCC3)nc2)cnn1-c1ccc(F)cc1. The molecule has 1 saturated heterocycles. The van der Waals surface area contributed by atoms with E-state index in [-0.39, 0.29) is 11.7 Å². The molecule has 6 nitrogen and oxygen atoms in total. The van der Waals surface area contributed by atoms with E-state index in [0.29, 0.717) is 23.4 Å². The minimum atomic E-state index is -0.309. The summed E-state index contributed by atoms with van der Waals surface area (Å²) in [6, 6.07) is 9.85. The molecular weight excluding hydrogens is 357 g/mol. The molecule has 0 unspecified atom stereocenters. The summed E-state index contributed by atoms with van der Waals surface area (Å²) < 4.78 is 14.9. The highest BCUT2D eigenvalue weighted by Crippen LogP contribution is 2.21. The molecule has 1 aliphatic heterocycles. The number of aromatic nitrogens is 3. The largest absolute Gasteiger partial charge is 0.357 e. The van der Waals surface area contributed by atoms with Crippen molar-refractivity contribution in [3.8, 4) is 5.69 Å². The Bertz CT molecular complexity index is 959. The second-order valence-corrected chi connectivity index (χ2v) is 6.80. The van der Waals surface area contributed by atoms with Gasteiger partial charge in [0.2, 0.25) is 0 Å². The second kappa shape index (κ2) is 7.80. The van der Waals surface area contributed by atoms with E-state index in [9.17, 15) is 9.18 Å². The first kappa shape index (κ1) is 18.2. The van der Waals surface area contributed by atoms with Crippen LogP contribution in [0.1, 0.15) is 35.8 Å². The van der Waals surface area contributed by atoms with Gasteiger partial charge < -0.3 is 10.2 Å². The summed E-state index contributed by atoms with van der Waals surface area (Å²) in [4.78, 5) is 19.5. The highest BCUT2D eigenvalue weighted by molar-refractivity contribution is 6.05. The van der Waals surface area contributed by atoms with Crippen molar-refractivity contribution in [2.24, 2.45) is 0 Å². The lowest BCUT2D eigenvalue weighted by atomic mass is 10.2. The van der Waals surface area contributed by atoms with Crippen LogP contribution in [-0.4, -0.2) is 33.8 Å². The Morgan fingerprint density at radius 3 is 2.50 bits per heavy atom. The summed E-state index contributed by atoms with van der Waals surface area (Å²) in [7, 11) is 0. The van der Waals surface area contributed by atoms with Crippen LogP contribution < -0.4 is 10.2 Å². The van der Waals surface area contributed by atoms with E-state index < -0.39 is 0 Å². The molecule has 3 aromatic rings. The standard InChI is InChI=1S/C21H22FN5O/c1-2-19-18(14-24-27(19)17-8-5-15(22)6-9-17)21(28)25-16-7-10-20(23-13-16)26-11-3-4-12-26/h5-10,13-14H,2-4,11-12H2,1H3,(H,25,28). The zero-order valence-electron chi connectivity index (χ0n) is 15.7. The normalized spacial score (nSPS) is 13.7. The first-order valence-electron chi connectivity index (χ1n) is 9.51. The van der Waals surface area contributed by atoms with E-state index in [0.717, 1.165) is 24.6 Å². The van der Waals surface area contributed by atoms with Gasteiger partial charge in [0.1, 0.15) is 11.6 Å². The van der Waals surface area contributed by atoms with E-state index in [2.05, 4.69) is 20.3 Å². The highest BCUT2D eigenvalue weighted by atomic mass is 19.1. The quantitative estimate of drug-likeness (QED) is 0.732. The Morgan fingerprint density at radius 2 is 1.86 bits per heavy atom. The molecule has 1 aromatic carbocycles. The zero-order valence-corrected chi connectivity index (χ0v) is 15.7. The number of nitrogens with zero attached hydrogens (tertiary/aromatic N) is 4. The fraction of sp³-hybridized carbons (Fsp3) is 0.286. The second-order valence-electron chi connectivity index (χ2n) is 6.80. The van der Waals surface area contributed by atoms with Gasteiger partial charge in [-0.1, -0.05) is 6.92 Å². The number of hydrogen-bond acceptors (Lipinski definition) is 4. The minimum absolute atomic E-state index is 0.235. The number of nitrogens with one attached hydrogen (secondary N) is 1. The van der Waals surface area contributed by atoms with Gasteiger partial charge in [-0.3, -0.25) is 4.79 Å². The number of carbonyl (C=O) groups is 1. The van der Waals surface area contributed by atoms with Crippen LogP contribution in [0.4, 0.5) is 15.9 Å². The van der Waals surface area contributed by atoms with Crippen LogP contribution in [0.5, 0.6) is 0 Å². The van der Waals surface area contributed by atoms with Crippen LogP contribution in [0.3, 0.4) is 0 Å². The van der Waals surface area contributed by atoms with Crippen LogP contribution >= 0.6 is 0 Å². The summed E-state index contributed by atoms with van der Waals surface area (Å²) in [6.07, 6.45) is 6.23. The van der Waals surface area contributed by atoms with Gasteiger partial charge in [-0.05, 0) is 55.7 Å². The van der Waals surface area contributed by atoms with Gasteiger partial charge >= 0.3 is 0 Å². The highest BCUT2D eigenvalue weighted by Gasteiger charge is 2.18. The van der Waals surface area contributed by atoms with Crippen molar-refractivity contribution in [3.05, 3.63) is 65.9 Å². The third-order valence-electron chi connectivity index (χ3n) is 4.96. The summed E-state index contributed by atoms with van der Waals surface area (Å²) >= 11 is 0. The topological polar surface area (TPSA) is 63.1 Å². The molecule has 0 spiro atoms. The summed E-state index contributed by atoms with van der Waals surface area (Å²) in [6.45, 7) is 4.02. The molecule has 1 fully saturated rings. The van der Waals surface area contributed by atoms with Crippen LogP contribution in [0.2, 0.25) is 0 Å². The molecule has 0 aliphatic carbocycles. The lowest BCUT2D eigenvalue weighted by Crippen LogP contribution is -2.19. The monoisotopic (exact) mass is 379 g/mol. The fourth-order valence-corrected chi connectivity index (χ4v) is 3.50. The molecule has 28 heavy (non-hydrogen) atoms. The van der Waals surface area contributed by atoms with E-state index in [1.807, 2.05) is 19.1 Å². The average molecular weight is 379 g/mol. The van der Waals surface area contributed by atoms with Crippen molar-refractivity contribution in [3.63, 3.8) is 0 Å². The summed E-state index contributed by atoms with van der Waals surface area (Å²) in [5.74, 6) is 0.395. The molecule has 144 valence electrons. The van der Waals surface area contributed by atoms with E-state index in [1.165, 1.54) is 25.0 Å². The van der Waals surface area contributed by atoms with Crippen molar-refractivity contribution >= 4 is 17.4 Å². The number of pyridine rings is 1. The molecule has 1 amide bonds. The molecule has 0 bridgehead atoms. The van der Waals surface area contributed by atoms with Gasteiger partial charge in [-0.2, -0.15) is 5.10 Å². The molecule has 2 aromatic heterocycles. The predicted molar refractivity (Wildman–Crippen MR) is 107 cm³/mol. The van der Waals surface area contributed by atoms with Crippen molar-refractivity contribution in [1.82, 2.24) is 14.8 Å². The van der Waals surface area contributed by atoms with Crippen LogP contribution in [0, 0.1) is 5.82 Å². The smallest absolute Gasteiger partial charge is 0.259 e. The number of anilines is 2. The third kappa shape index (κ3) is 3.60. The average Bonchev–Trinajstić information content (AvgIpc) is 3.39. The van der Waals surface area contributed by atoms with Crippen LogP contribution in [0.25, 0.3) is 5.69 Å². The number of amides is 1. The van der Waals surface area contributed by atoms with Gasteiger partial charge in [0, 0.05) is 13.1 Å². The Morgan fingerprint density at radius 1 is 1.11 bits per heavy atom. The number of hydrogen-bond donors (Lipinski definition) is 1. The summed E-state index contributed by atoms with van der Waals surface area (Å²) in [5, 5.41) is 7.22. The predicted octanol–water partition coefficient (Wildman–Crippen LogP) is 3.82. The summed E-state index contributed by atoms with van der Waals surface area (Å²) in [5.41, 5.74) is 2.62. The van der Waals surface area contributed by atoms with Gasteiger partial charge in [0.05, 0.1) is 35.0 Å². The molecular formula is C21H22FN5O. The van der Waals surface area contributed by atoms with Crippen molar-refractivity contribution < 1.29 is 9.18 Å². The number of benzene rings is 1. The van der Waals surface area contributed by atoms with Crippen molar-refractivity contribution in [2.45, 2.75) is 26.2 Å². The fourth-order valence-electron chi connectivity index (χ4n) is 3.50. The first-order valence-corrected chi connectivity index (χ1v) is 9.51. The Balaban J connectivity index is 1.52. The maximum Gasteiger partial charge on any atom is 0.259 e. The van der Waals surface area contributed by atoms with E-state index in [1.54, 1.807) is 29.2 Å². The molecule has 0 radical (unpaired) electrons. The lowest BCUT2D eigenvalue weighted by molar-refractivity contribution is 0.102. The molecule has 1 aliphatic rings. The maximum absolute atomic E-state index is 13.2. The van der Waals surface area contributed by atoms with Crippen LogP contribution in [-0.2, 0) is 6.42 Å². The minimum Gasteiger partial charge on any atom is -0.357 e. The molecule has 4 rings (SSSR count). The Hall–Kier alpha value is -3.22.